The number of hydrogen-bond donors (Lipinski definition) is 2. The number of nitrogens with one attached hydrogen (secondary N) is 1. The lowest BCUT2D eigenvalue weighted by atomic mass is 10.4. The van der Waals surface area contributed by atoms with Crippen molar-refractivity contribution in [2.75, 3.05) is 31.3 Å². The third-order valence-electron chi connectivity index (χ3n) is 1.50. The molecule has 13 heavy (non-hydrogen) atoms. The van der Waals surface area contributed by atoms with Gasteiger partial charge < -0.3 is 15.8 Å². The smallest absolute Gasteiger partial charge is 0.144 e. The highest BCUT2D eigenvalue weighted by Gasteiger charge is 1.92. The Morgan fingerprint density at radius 1 is 1.46 bits per heavy atom. The summed E-state index contributed by atoms with van der Waals surface area (Å²) in [5.74, 6) is 1.17. The Hall–Kier alpha value is -1.36. The van der Waals surface area contributed by atoms with Gasteiger partial charge in [0, 0.05) is 20.3 Å². The normalized spacial score (nSPS) is 9.92. The van der Waals surface area contributed by atoms with E-state index in [4.69, 9.17) is 10.5 Å². The number of anilines is 2. The number of nitrogens with two attached hydrogens (primary N) is 1. The quantitative estimate of drug-likeness (QED) is 0.649. The van der Waals surface area contributed by atoms with Gasteiger partial charge in [-0.15, -0.1) is 0 Å². The molecule has 0 aliphatic carbocycles. The molecule has 0 aliphatic heterocycles. The van der Waals surface area contributed by atoms with Crippen LogP contribution in [0.2, 0.25) is 0 Å². The van der Waals surface area contributed by atoms with Crippen molar-refractivity contribution in [1.29, 1.82) is 0 Å². The van der Waals surface area contributed by atoms with Crippen LogP contribution in [-0.2, 0) is 4.74 Å². The fraction of sp³-hybridized carbons (Fsp3) is 0.500. The van der Waals surface area contributed by atoms with E-state index in [2.05, 4.69) is 15.3 Å². The lowest BCUT2D eigenvalue weighted by Gasteiger charge is -2.03. The summed E-state index contributed by atoms with van der Waals surface area (Å²) in [6.45, 7) is 1.57. The van der Waals surface area contributed by atoms with Crippen molar-refractivity contribution >= 4 is 11.6 Å². The maximum absolute atomic E-state index is 5.38. The first kappa shape index (κ1) is 9.73. The van der Waals surface area contributed by atoms with Crippen LogP contribution < -0.4 is 11.1 Å². The molecule has 0 atom stereocenters. The minimum Gasteiger partial charge on any atom is -0.385 e. The van der Waals surface area contributed by atoms with Crippen LogP contribution in [0, 0.1) is 0 Å². The van der Waals surface area contributed by atoms with E-state index in [0.29, 0.717) is 5.82 Å². The van der Waals surface area contributed by atoms with E-state index >= 15 is 0 Å². The average Bonchev–Trinajstić information content (AvgIpc) is 2.15. The van der Waals surface area contributed by atoms with Crippen LogP contribution in [0.4, 0.5) is 11.6 Å². The van der Waals surface area contributed by atoms with Crippen molar-refractivity contribution < 1.29 is 4.74 Å². The van der Waals surface area contributed by atoms with E-state index in [1.807, 2.05) is 0 Å². The van der Waals surface area contributed by atoms with E-state index in [-0.39, 0.29) is 0 Å². The van der Waals surface area contributed by atoms with Crippen LogP contribution in [0.25, 0.3) is 0 Å². The molecule has 0 bridgehead atoms. The summed E-state index contributed by atoms with van der Waals surface area (Å²) in [6.07, 6.45) is 4.09. The first-order valence-corrected chi connectivity index (χ1v) is 4.13. The van der Waals surface area contributed by atoms with Crippen LogP contribution in [0.3, 0.4) is 0 Å². The summed E-state index contributed by atoms with van der Waals surface area (Å²) in [4.78, 5) is 7.94. The fourth-order valence-corrected chi connectivity index (χ4v) is 0.862. The Balaban J connectivity index is 2.25. The van der Waals surface area contributed by atoms with Gasteiger partial charge in [0.1, 0.15) is 11.6 Å². The van der Waals surface area contributed by atoms with E-state index in [1.54, 1.807) is 13.3 Å². The first-order valence-electron chi connectivity index (χ1n) is 4.13. The number of methoxy groups -OCH3 is 1. The van der Waals surface area contributed by atoms with Gasteiger partial charge in [-0.2, -0.15) is 0 Å². The van der Waals surface area contributed by atoms with Gasteiger partial charge in [-0.25, -0.2) is 9.97 Å². The Morgan fingerprint density at radius 3 is 2.92 bits per heavy atom. The molecule has 5 heteroatoms. The van der Waals surface area contributed by atoms with Crippen molar-refractivity contribution in [2.45, 2.75) is 6.42 Å². The molecule has 72 valence electrons. The second-order valence-corrected chi connectivity index (χ2v) is 2.60. The molecular weight excluding hydrogens is 168 g/mol. The highest BCUT2D eigenvalue weighted by Crippen LogP contribution is 2.00. The molecule has 0 aromatic carbocycles. The van der Waals surface area contributed by atoms with Gasteiger partial charge in [-0.3, -0.25) is 0 Å². The number of nitrogen functional groups attached to an aromatic ring is 1. The summed E-state index contributed by atoms with van der Waals surface area (Å²) in [7, 11) is 1.68. The lowest BCUT2D eigenvalue weighted by molar-refractivity contribution is 0.197. The zero-order chi connectivity index (χ0) is 9.52. The highest BCUT2D eigenvalue weighted by molar-refractivity contribution is 5.35. The van der Waals surface area contributed by atoms with Crippen molar-refractivity contribution in [2.24, 2.45) is 0 Å². The minimum absolute atomic E-state index is 0.433. The minimum atomic E-state index is 0.433. The molecule has 0 spiro atoms. The molecule has 0 amide bonds. The Bertz CT molecular complexity index is 236. The third kappa shape index (κ3) is 3.71. The monoisotopic (exact) mass is 182 g/mol. The van der Waals surface area contributed by atoms with Crippen LogP contribution in [0.5, 0.6) is 0 Å². The van der Waals surface area contributed by atoms with Crippen LogP contribution in [0.1, 0.15) is 6.42 Å². The second-order valence-electron chi connectivity index (χ2n) is 2.60. The van der Waals surface area contributed by atoms with Crippen LogP contribution >= 0.6 is 0 Å². The largest absolute Gasteiger partial charge is 0.385 e. The van der Waals surface area contributed by atoms with Crippen molar-refractivity contribution in [3.05, 3.63) is 12.4 Å². The molecule has 0 saturated carbocycles. The molecule has 0 radical (unpaired) electrons. The summed E-state index contributed by atoms with van der Waals surface area (Å²) < 4.78 is 4.90. The Labute approximate surface area is 77.3 Å². The third-order valence-corrected chi connectivity index (χ3v) is 1.50. The van der Waals surface area contributed by atoms with Gasteiger partial charge in [0.15, 0.2) is 0 Å². The molecule has 1 aromatic heterocycles. The second kappa shape index (κ2) is 5.31. The summed E-state index contributed by atoms with van der Waals surface area (Å²) in [5.41, 5.74) is 5.38. The van der Waals surface area contributed by atoms with Gasteiger partial charge in [-0.05, 0) is 6.42 Å². The average molecular weight is 182 g/mol. The number of rotatable bonds is 5. The van der Waals surface area contributed by atoms with Gasteiger partial charge in [0.2, 0.25) is 0 Å². The number of aromatic nitrogens is 2. The van der Waals surface area contributed by atoms with E-state index in [1.165, 1.54) is 6.20 Å². The van der Waals surface area contributed by atoms with E-state index in [9.17, 15) is 0 Å². The van der Waals surface area contributed by atoms with Gasteiger partial charge >= 0.3 is 0 Å². The standard InChI is InChI=1S/C8H14N4O/c1-13-4-2-3-10-8-6-11-7(9)5-12-8/h5-6H,2-4H2,1H3,(H2,9,11)(H,10,12). The molecule has 1 heterocycles. The van der Waals surface area contributed by atoms with Gasteiger partial charge in [-0.1, -0.05) is 0 Å². The van der Waals surface area contributed by atoms with Crippen molar-refractivity contribution in [3.63, 3.8) is 0 Å². The molecule has 0 aliphatic rings. The predicted molar refractivity (Wildman–Crippen MR) is 51.4 cm³/mol. The van der Waals surface area contributed by atoms with Crippen molar-refractivity contribution in [1.82, 2.24) is 9.97 Å². The number of ether oxygens (including phenoxy) is 1. The van der Waals surface area contributed by atoms with E-state index < -0.39 is 0 Å². The molecule has 0 fully saturated rings. The zero-order valence-corrected chi connectivity index (χ0v) is 7.66. The van der Waals surface area contributed by atoms with Crippen LogP contribution in [0.15, 0.2) is 12.4 Å². The van der Waals surface area contributed by atoms with Crippen LogP contribution in [-0.4, -0.2) is 30.2 Å². The molecule has 1 aromatic rings. The number of hydrogen-bond acceptors (Lipinski definition) is 5. The summed E-state index contributed by atoms with van der Waals surface area (Å²) in [6, 6.07) is 0. The maximum Gasteiger partial charge on any atom is 0.144 e. The topological polar surface area (TPSA) is 73.1 Å². The lowest BCUT2D eigenvalue weighted by Crippen LogP contribution is -2.06. The first-order chi connectivity index (χ1) is 6.33. The molecule has 1 rings (SSSR count). The number of nitrogens with zero attached hydrogens (tertiary/aromatic N) is 2. The Morgan fingerprint density at radius 2 is 2.31 bits per heavy atom. The fourth-order valence-electron chi connectivity index (χ4n) is 0.862. The molecule has 0 saturated heterocycles. The van der Waals surface area contributed by atoms with Gasteiger partial charge in [0.25, 0.3) is 0 Å². The molecule has 0 unspecified atom stereocenters. The SMILES string of the molecule is COCCCNc1cnc(N)cn1. The highest BCUT2D eigenvalue weighted by atomic mass is 16.5. The molecule has 3 N–H and O–H groups in total. The predicted octanol–water partition coefficient (Wildman–Crippen LogP) is 0.507. The molecule has 5 nitrogen and oxygen atoms in total. The van der Waals surface area contributed by atoms with E-state index in [0.717, 1.165) is 25.4 Å². The zero-order valence-electron chi connectivity index (χ0n) is 7.66. The van der Waals surface area contributed by atoms with Gasteiger partial charge in [0.05, 0.1) is 12.4 Å². The maximum atomic E-state index is 5.38. The summed E-state index contributed by atoms with van der Waals surface area (Å²) >= 11 is 0. The Kier molecular flexibility index (Phi) is 3.98. The molecular formula is C8H14N4O. The summed E-state index contributed by atoms with van der Waals surface area (Å²) in [5, 5.41) is 3.10. The van der Waals surface area contributed by atoms with Crippen molar-refractivity contribution in [3.8, 4) is 0 Å².